The Morgan fingerprint density at radius 2 is 1.75 bits per heavy atom. The summed E-state index contributed by atoms with van der Waals surface area (Å²) in [5.41, 5.74) is 1.41. The van der Waals surface area contributed by atoms with E-state index in [1.54, 1.807) is 38.4 Å². The number of rotatable bonds is 5. The van der Waals surface area contributed by atoms with Crippen molar-refractivity contribution in [1.82, 2.24) is 10.2 Å². The molecule has 108 valence electrons. The quantitative estimate of drug-likeness (QED) is 0.789. The zero-order valence-electron chi connectivity index (χ0n) is 11.8. The van der Waals surface area contributed by atoms with E-state index < -0.39 is 18.5 Å². The van der Waals surface area contributed by atoms with Crippen LogP contribution < -0.4 is 5.32 Å². The number of hydrogen-bond donors (Lipinski definition) is 1. The predicted molar refractivity (Wildman–Crippen MR) is 73.2 cm³/mol. The van der Waals surface area contributed by atoms with Crippen molar-refractivity contribution in [3.8, 4) is 0 Å². The molecule has 0 aliphatic rings. The minimum absolute atomic E-state index is 0.117. The van der Waals surface area contributed by atoms with Crippen molar-refractivity contribution >= 4 is 17.8 Å². The number of likely N-dealkylation sites (N-methyl/N-ethyl adjacent to an activating group) is 1. The number of carbonyl (C=O) groups excluding carboxylic acids is 3. The molecule has 0 saturated carbocycles. The van der Waals surface area contributed by atoms with Gasteiger partial charge in [0.2, 0.25) is 5.91 Å². The first-order chi connectivity index (χ1) is 9.40. The van der Waals surface area contributed by atoms with Gasteiger partial charge < -0.3 is 15.0 Å². The molecule has 1 aromatic rings. The van der Waals surface area contributed by atoms with E-state index in [0.717, 1.165) is 5.56 Å². The Morgan fingerprint density at radius 3 is 2.30 bits per heavy atom. The van der Waals surface area contributed by atoms with Gasteiger partial charge in [-0.05, 0) is 19.1 Å². The van der Waals surface area contributed by atoms with Crippen LogP contribution in [0.5, 0.6) is 0 Å². The van der Waals surface area contributed by atoms with Gasteiger partial charge in [-0.15, -0.1) is 0 Å². The van der Waals surface area contributed by atoms with Crippen molar-refractivity contribution in [1.29, 1.82) is 0 Å². The molecule has 6 nitrogen and oxygen atoms in total. The summed E-state index contributed by atoms with van der Waals surface area (Å²) in [5.74, 6) is -1.32. The van der Waals surface area contributed by atoms with Crippen molar-refractivity contribution in [2.45, 2.75) is 6.92 Å². The smallest absolute Gasteiger partial charge is 0.338 e. The Bertz CT molecular complexity index is 494. The minimum Gasteiger partial charge on any atom is -0.452 e. The first kappa shape index (κ1) is 15.7. The molecule has 0 spiro atoms. The first-order valence-corrected chi connectivity index (χ1v) is 6.11. The second kappa shape index (κ2) is 7.28. The fourth-order valence-corrected chi connectivity index (χ4v) is 1.29. The predicted octanol–water partition coefficient (Wildman–Crippen LogP) is 0.356. The van der Waals surface area contributed by atoms with Crippen LogP contribution in [0.2, 0.25) is 0 Å². The molecule has 1 aromatic carbocycles. The van der Waals surface area contributed by atoms with E-state index in [1.807, 2.05) is 6.92 Å². The van der Waals surface area contributed by atoms with E-state index in [1.165, 1.54) is 4.90 Å². The third-order valence-electron chi connectivity index (χ3n) is 2.56. The molecular formula is C14H18N2O4. The fraction of sp³-hybridized carbons (Fsp3) is 0.357. The van der Waals surface area contributed by atoms with Crippen LogP contribution in [0.3, 0.4) is 0 Å². The maximum absolute atomic E-state index is 11.6. The molecule has 0 radical (unpaired) electrons. The molecule has 0 aromatic heterocycles. The summed E-state index contributed by atoms with van der Waals surface area (Å²) in [4.78, 5) is 35.6. The van der Waals surface area contributed by atoms with Crippen molar-refractivity contribution in [2.75, 3.05) is 27.2 Å². The summed E-state index contributed by atoms with van der Waals surface area (Å²) in [6.45, 7) is 1.38. The molecule has 0 saturated heterocycles. The normalized spacial score (nSPS) is 9.75. The van der Waals surface area contributed by atoms with Crippen molar-refractivity contribution < 1.29 is 19.1 Å². The summed E-state index contributed by atoms with van der Waals surface area (Å²) in [5, 5.41) is 2.37. The molecule has 1 N–H and O–H groups in total. The van der Waals surface area contributed by atoms with E-state index in [-0.39, 0.29) is 12.5 Å². The van der Waals surface area contributed by atoms with Crippen LogP contribution in [0.4, 0.5) is 0 Å². The number of nitrogens with zero attached hydrogens (tertiary/aromatic N) is 1. The molecule has 2 amide bonds. The van der Waals surface area contributed by atoms with Crippen molar-refractivity contribution in [3.63, 3.8) is 0 Å². The summed E-state index contributed by atoms with van der Waals surface area (Å²) in [6, 6.07) is 6.83. The van der Waals surface area contributed by atoms with Crippen LogP contribution in [0.15, 0.2) is 24.3 Å². The first-order valence-electron chi connectivity index (χ1n) is 6.11. The number of benzene rings is 1. The van der Waals surface area contributed by atoms with Crippen LogP contribution in [0.1, 0.15) is 15.9 Å². The molecule has 0 bridgehead atoms. The summed E-state index contributed by atoms with van der Waals surface area (Å²) in [7, 11) is 3.18. The highest BCUT2D eigenvalue weighted by molar-refractivity contribution is 5.92. The van der Waals surface area contributed by atoms with E-state index >= 15 is 0 Å². The lowest BCUT2D eigenvalue weighted by molar-refractivity contribution is -0.131. The number of esters is 1. The van der Waals surface area contributed by atoms with Gasteiger partial charge >= 0.3 is 5.97 Å². The number of amides is 2. The van der Waals surface area contributed by atoms with E-state index in [4.69, 9.17) is 4.74 Å². The third kappa shape index (κ3) is 5.09. The summed E-state index contributed by atoms with van der Waals surface area (Å²) in [6.07, 6.45) is 0. The van der Waals surface area contributed by atoms with Crippen molar-refractivity contribution in [2.24, 2.45) is 0 Å². The van der Waals surface area contributed by atoms with Gasteiger partial charge in [-0.25, -0.2) is 4.79 Å². The maximum Gasteiger partial charge on any atom is 0.338 e. The van der Waals surface area contributed by atoms with E-state index in [9.17, 15) is 14.4 Å². The zero-order valence-corrected chi connectivity index (χ0v) is 11.8. The van der Waals surface area contributed by atoms with Crippen LogP contribution in [0, 0.1) is 6.92 Å². The highest BCUT2D eigenvalue weighted by Crippen LogP contribution is 2.04. The molecule has 0 aliphatic carbocycles. The molecule has 20 heavy (non-hydrogen) atoms. The number of ether oxygens (including phenoxy) is 1. The highest BCUT2D eigenvalue weighted by atomic mass is 16.5. The molecule has 0 fully saturated rings. The number of hydrogen-bond acceptors (Lipinski definition) is 4. The maximum atomic E-state index is 11.6. The Hall–Kier alpha value is -2.37. The average molecular weight is 278 g/mol. The van der Waals surface area contributed by atoms with E-state index in [2.05, 4.69) is 5.32 Å². The zero-order chi connectivity index (χ0) is 15.1. The van der Waals surface area contributed by atoms with Gasteiger partial charge in [-0.2, -0.15) is 0 Å². The van der Waals surface area contributed by atoms with Gasteiger partial charge in [-0.3, -0.25) is 9.59 Å². The molecule has 6 heteroatoms. The lowest BCUT2D eigenvalue weighted by Gasteiger charge is -2.11. The molecule has 0 aliphatic heterocycles. The molecule has 0 atom stereocenters. The molecule has 1 rings (SSSR count). The number of nitrogens with one attached hydrogen (secondary N) is 1. The van der Waals surface area contributed by atoms with Crippen LogP contribution >= 0.6 is 0 Å². The lowest BCUT2D eigenvalue weighted by atomic mass is 10.1. The second-order valence-electron chi connectivity index (χ2n) is 4.51. The standard InChI is InChI=1S/C14H18N2O4/c1-10-4-6-11(7-5-10)14(19)20-9-12(17)15-8-13(18)16(2)3/h4-7H,8-9H2,1-3H3,(H,15,17). The Labute approximate surface area is 117 Å². The van der Waals surface area contributed by atoms with E-state index in [0.29, 0.717) is 5.56 Å². The van der Waals surface area contributed by atoms with Gasteiger partial charge in [0.15, 0.2) is 6.61 Å². The average Bonchev–Trinajstić information content (AvgIpc) is 2.42. The SMILES string of the molecule is Cc1ccc(C(=O)OCC(=O)NCC(=O)N(C)C)cc1. The summed E-state index contributed by atoms with van der Waals surface area (Å²) >= 11 is 0. The highest BCUT2D eigenvalue weighted by Gasteiger charge is 2.11. The Kier molecular flexibility index (Phi) is 5.71. The van der Waals surface area contributed by atoms with Crippen LogP contribution in [-0.2, 0) is 14.3 Å². The molecule has 0 heterocycles. The fourth-order valence-electron chi connectivity index (χ4n) is 1.29. The van der Waals surface area contributed by atoms with Crippen LogP contribution in [-0.4, -0.2) is 49.9 Å². The summed E-state index contributed by atoms with van der Waals surface area (Å²) < 4.78 is 4.85. The molecular weight excluding hydrogens is 260 g/mol. The van der Waals surface area contributed by atoms with Gasteiger partial charge in [0, 0.05) is 14.1 Å². The molecule has 0 unspecified atom stereocenters. The Morgan fingerprint density at radius 1 is 1.15 bits per heavy atom. The number of aryl methyl sites for hydroxylation is 1. The van der Waals surface area contributed by atoms with Crippen LogP contribution in [0.25, 0.3) is 0 Å². The third-order valence-corrected chi connectivity index (χ3v) is 2.56. The van der Waals surface area contributed by atoms with Gasteiger partial charge in [0.1, 0.15) is 0 Å². The van der Waals surface area contributed by atoms with Crippen molar-refractivity contribution in [3.05, 3.63) is 35.4 Å². The van der Waals surface area contributed by atoms with Gasteiger partial charge in [-0.1, -0.05) is 17.7 Å². The second-order valence-corrected chi connectivity index (χ2v) is 4.51. The number of carbonyl (C=O) groups is 3. The monoisotopic (exact) mass is 278 g/mol. The topological polar surface area (TPSA) is 75.7 Å². The van der Waals surface area contributed by atoms with Gasteiger partial charge in [0.05, 0.1) is 12.1 Å². The Balaban J connectivity index is 2.35. The lowest BCUT2D eigenvalue weighted by Crippen LogP contribution is -2.38. The van der Waals surface area contributed by atoms with Gasteiger partial charge in [0.25, 0.3) is 5.91 Å². The largest absolute Gasteiger partial charge is 0.452 e. The minimum atomic E-state index is -0.570.